The first kappa shape index (κ1) is 13.7. The van der Waals surface area contributed by atoms with Gasteiger partial charge in [0.15, 0.2) is 5.69 Å². The fourth-order valence-corrected chi connectivity index (χ4v) is 1.69. The second kappa shape index (κ2) is 5.80. The van der Waals surface area contributed by atoms with Crippen LogP contribution in [0, 0.1) is 11.8 Å². The van der Waals surface area contributed by atoms with Crippen LogP contribution < -0.4 is 5.73 Å². The highest BCUT2D eigenvalue weighted by molar-refractivity contribution is 5.91. The Morgan fingerprint density at radius 3 is 2.41 bits per heavy atom. The van der Waals surface area contributed by atoms with E-state index in [9.17, 15) is 4.79 Å². The van der Waals surface area contributed by atoms with Gasteiger partial charge in [-0.05, 0) is 24.7 Å². The maximum absolute atomic E-state index is 11.3. The van der Waals surface area contributed by atoms with Gasteiger partial charge in [0.05, 0.1) is 5.69 Å². The number of hydrogen-bond acceptors (Lipinski definition) is 3. The van der Waals surface area contributed by atoms with Crippen LogP contribution in [0.15, 0.2) is 0 Å². The van der Waals surface area contributed by atoms with Crippen molar-refractivity contribution >= 4 is 5.91 Å². The summed E-state index contributed by atoms with van der Waals surface area (Å²) in [4.78, 5) is 11.3. The van der Waals surface area contributed by atoms with Crippen molar-refractivity contribution in [1.29, 1.82) is 0 Å². The van der Waals surface area contributed by atoms with Gasteiger partial charge in [0.2, 0.25) is 0 Å². The summed E-state index contributed by atoms with van der Waals surface area (Å²) in [6.45, 7) is 9.30. The average molecular weight is 238 g/mol. The molecule has 0 atom stereocenters. The first-order valence-corrected chi connectivity index (χ1v) is 6.14. The molecule has 0 aliphatic heterocycles. The minimum Gasteiger partial charge on any atom is -0.364 e. The van der Waals surface area contributed by atoms with Crippen molar-refractivity contribution in [2.24, 2.45) is 17.6 Å². The van der Waals surface area contributed by atoms with Gasteiger partial charge >= 0.3 is 0 Å². The zero-order valence-electron chi connectivity index (χ0n) is 11.1. The minimum atomic E-state index is -0.487. The SMILES string of the molecule is CC(C)CCc1c(C(N)=O)nnn1CC(C)C. The lowest BCUT2D eigenvalue weighted by Gasteiger charge is -2.10. The summed E-state index contributed by atoms with van der Waals surface area (Å²) in [5, 5.41) is 7.91. The summed E-state index contributed by atoms with van der Waals surface area (Å²) in [6, 6.07) is 0. The number of aromatic nitrogens is 3. The van der Waals surface area contributed by atoms with E-state index in [1.807, 2.05) is 4.68 Å². The second-order valence-electron chi connectivity index (χ2n) is 5.26. The van der Waals surface area contributed by atoms with Crippen molar-refractivity contribution in [3.05, 3.63) is 11.4 Å². The van der Waals surface area contributed by atoms with Gasteiger partial charge in [0.1, 0.15) is 0 Å². The zero-order chi connectivity index (χ0) is 13.0. The molecule has 17 heavy (non-hydrogen) atoms. The molecule has 96 valence electrons. The van der Waals surface area contributed by atoms with E-state index >= 15 is 0 Å². The summed E-state index contributed by atoms with van der Waals surface area (Å²) < 4.78 is 1.81. The van der Waals surface area contributed by atoms with Crippen LogP contribution >= 0.6 is 0 Å². The van der Waals surface area contributed by atoms with Gasteiger partial charge in [-0.3, -0.25) is 4.79 Å². The Labute approximate surface area is 102 Å². The van der Waals surface area contributed by atoms with Crippen LogP contribution in [0.5, 0.6) is 0 Å². The summed E-state index contributed by atoms with van der Waals surface area (Å²) in [6.07, 6.45) is 1.81. The van der Waals surface area contributed by atoms with Crippen molar-refractivity contribution in [3.63, 3.8) is 0 Å². The topological polar surface area (TPSA) is 73.8 Å². The quantitative estimate of drug-likeness (QED) is 0.818. The molecule has 5 nitrogen and oxygen atoms in total. The lowest BCUT2D eigenvalue weighted by atomic mass is 10.0. The highest BCUT2D eigenvalue weighted by atomic mass is 16.1. The van der Waals surface area contributed by atoms with E-state index in [-0.39, 0.29) is 0 Å². The number of nitrogens with zero attached hydrogens (tertiary/aromatic N) is 3. The first-order chi connectivity index (χ1) is 7.91. The van der Waals surface area contributed by atoms with E-state index in [2.05, 4.69) is 38.0 Å². The zero-order valence-corrected chi connectivity index (χ0v) is 11.1. The largest absolute Gasteiger partial charge is 0.364 e. The Balaban J connectivity index is 2.93. The molecule has 0 bridgehead atoms. The summed E-state index contributed by atoms with van der Waals surface area (Å²) in [5.74, 6) is 0.562. The number of carbonyl (C=O) groups is 1. The number of primary amides is 1. The first-order valence-electron chi connectivity index (χ1n) is 6.14. The van der Waals surface area contributed by atoms with Crippen LogP contribution in [0.1, 0.15) is 50.3 Å². The highest BCUT2D eigenvalue weighted by Crippen LogP contribution is 2.13. The van der Waals surface area contributed by atoms with Crippen molar-refractivity contribution in [2.45, 2.75) is 47.1 Å². The monoisotopic (exact) mass is 238 g/mol. The average Bonchev–Trinajstić information content (AvgIpc) is 2.57. The Bertz CT molecular complexity index is 382. The number of hydrogen-bond donors (Lipinski definition) is 1. The summed E-state index contributed by atoms with van der Waals surface area (Å²) >= 11 is 0. The van der Waals surface area contributed by atoms with E-state index in [4.69, 9.17) is 5.73 Å². The summed E-state index contributed by atoms with van der Waals surface area (Å²) in [7, 11) is 0. The van der Waals surface area contributed by atoms with Crippen molar-refractivity contribution < 1.29 is 4.79 Å². The molecule has 1 amide bonds. The van der Waals surface area contributed by atoms with E-state index < -0.39 is 5.91 Å². The predicted octanol–water partition coefficient (Wildman–Crippen LogP) is 1.62. The van der Waals surface area contributed by atoms with E-state index in [0.29, 0.717) is 17.5 Å². The number of amides is 1. The second-order valence-corrected chi connectivity index (χ2v) is 5.26. The van der Waals surface area contributed by atoms with E-state index in [0.717, 1.165) is 25.1 Å². The molecule has 0 fully saturated rings. The van der Waals surface area contributed by atoms with E-state index in [1.165, 1.54) is 0 Å². The van der Waals surface area contributed by atoms with Gasteiger partial charge in [-0.25, -0.2) is 4.68 Å². The molecule has 0 aromatic carbocycles. The maximum Gasteiger partial charge on any atom is 0.271 e. The molecular formula is C12H22N4O. The molecule has 0 aliphatic carbocycles. The Morgan fingerprint density at radius 1 is 1.29 bits per heavy atom. The van der Waals surface area contributed by atoms with Gasteiger partial charge in [0, 0.05) is 6.54 Å². The Hall–Kier alpha value is -1.39. The summed E-state index contributed by atoms with van der Waals surface area (Å²) in [5.41, 5.74) is 6.51. The third-order valence-corrected chi connectivity index (χ3v) is 2.57. The predicted molar refractivity (Wildman–Crippen MR) is 66.5 cm³/mol. The molecule has 1 aromatic rings. The van der Waals surface area contributed by atoms with Gasteiger partial charge in [-0.1, -0.05) is 32.9 Å². The molecule has 1 heterocycles. The molecule has 1 rings (SSSR count). The molecule has 0 radical (unpaired) electrons. The van der Waals surface area contributed by atoms with Crippen LogP contribution in [-0.2, 0) is 13.0 Å². The van der Waals surface area contributed by atoms with Gasteiger partial charge in [-0.15, -0.1) is 5.10 Å². The molecule has 0 saturated carbocycles. The standard InChI is InChI=1S/C12H22N4O/c1-8(2)5-6-10-11(12(13)17)14-15-16(10)7-9(3)4/h8-9H,5-7H2,1-4H3,(H2,13,17). The van der Waals surface area contributed by atoms with Gasteiger partial charge < -0.3 is 5.73 Å². The number of carbonyl (C=O) groups excluding carboxylic acids is 1. The normalized spacial score (nSPS) is 11.4. The molecule has 1 aromatic heterocycles. The van der Waals surface area contributed by atoms with Crippen LogP contribution in [0.4, 0.5) is 0 Å². The van der Waals surface area contributed by atoms with E-state index in [1.54, 1.807) is 0 Å². The van der Waals surface area contributed by atoms with Crippen molar-refractivity contribution in [3.8, 4) is 0 Å². The van der Waals surface area contributed by atoms with Crippen molar-refractivity contribution in [1.82, 2.24) is 15.0 Å². The minimum absolute atomic E-state index is 0.325. The maximum atomic E-state index is 11.3. The lowest BCUT2D eigenvalue weighted by molar-refractivity contribution is 0.0994. The Morgan fingerprint density at radius 2 is 1.94 bits per heavy atom. The fourth-order valence-electron chi connectivity index (χ4n) is 1.69. The van der Waals surface area contributed by atoms with Crippen LogP contribution in [0.25, 0.3) is 0 Å². The Kier molecular flexibility index (Phi) is 4.66. The smallest absolute Gasteiger partial charge is 0.271 e. The molecule has 5 heteroatoms. The lowest BCUT2D eigenvalue weighted by Crippen LogP contribution is -2.17. The molecule has 0 saturated heterocycles. The third kappa shape index (κ3) is 3.84. The van der Waals surface area contributed by atoms with Crippen LogP contribution in [0.2, 0.25) is 0 Å². The number of nitrogens with two attached hydrogens (primary N) is 1. The molecule has 0 unspecified atom stereocenters. The van der Waals surface area contributed by atoms with Gasteiger partial charge in [-0.2, -0.15) is 0 Å². The highest BCUT2D eigenvalue weighted by Gasteiger charge is 2.17. The molecule has 0 aliphatic rings. The number of rotatable bonds is 6. The van der Waals surface area contributed by atoms with Crippen LogP contribution in [-0.4, -0.2) is 20.9 Å². The van der Waals surface area contributed by atoms with Crippen molar-refractivity contribution in [2.75, 3.05) is 0 Å². The molecule has 2 N–H and O–H groups in total. The molecule has 0 spiro atoms. The molecular weight excluding hydrogens is 216 g/mol. The third-order valence-electron chi connectivity index (χ3n) is 2.57. The van der Waals surface area contributed by atoms with Crippen LogP contribution in [0.3, 0.4) is 0 Å². The van der Waals surface area contributed by atoms with Gasteiger partial charge in [0.25, 0.3) is 5.91 Å². The fraction of sp³-hybridized carbons (Fsp3) is 0.750.